The standard InChI is InChI=1S/C12H25NOS/c1-10(8-11-4-3-5-11)13-12(6-7-14)9-15-2/h10-14H,3-9H2,1-2H3. The quantitative estimate of drug-likeness (QED) is 0.672. The summed E-state index contributed by atoms with van der Waals surface area (Å²) in [4.78, 5) is 0. The molecule has 0 radical (unpaired) electrons. The lowest BCUT2D eigenvalue weighted by Gasteiger charge is -2.30. The van der Waals surface area contributed by atoms with E-state index in [1.165, 1.54) is 25.7 Å². The van der Waals surface area contributed by atoms with Crippen molar-refractivity contribution in [1.82, 2.24) is 5.32 Å². The van der Waals surface area contributed by atoms with Crippen molar-refractivity contribution < 1.29 is 5.11 Å². The smallest absolute Gasteiger partial charge is 0.0446 e. The Morgan fingerprint density at radius 1 is 1.47 bits per heavy atom. The second-order valence-electron chi connectivity index (χ2n) is 4.76. The highest BCUT2D eigenvalue weighted by atomic mass is 32.2. The predicted octanol–water partition coefficient (Wildman–Crippen LogP) is 2.27. The largest absolute Gasteiger partial charge is 0.396 e. The summed E-state index contributed by atoms with van der Waals surface area (Å²) >= 11 is 1.86. The normalized spacial score (nSPS) is 21.0. The molecule has 0 spiro atoms. The van der Waals surface area contributed by atoms with Gasteiger partial charge in [0.2, 0.25) is 0 Å². The molecule has 0 aliphatic heterocycles. The molecule has 1 rings (SSSR count). The molecular weight excluding hydrogens is 206 g/mol. The molecule has 1 aliphatic rings. The van der Waals surface area contributed by atoms with Crippen LogP contribution in [0.4, 0.5) is 0 Å². The highest BCUT2D eigenvalue weighted by Gasteiger charge is 2.21. The molecule has 1 fully saturated rings. The van der Waals surface area contributed by atoms with Gasteiger partial charge in [0.1, 0.15) is 0 Å². The zero-order valence-corrected chi connectivity index (χ0v) is 10.9. The molecule has 0 aromatic carbocycles. The minimum Gasteiger partial charge on any atom is -0.396 e. The minimum absolute atomic E-state index is 0.300. The molecule has 0 aromatic rings. The molecule has 1 saturated carbocycles. The summed E-state index contributed by atoms with van der Waals surface area (Å²) in [5.74, 6) is 2.08. The summed E-state index contributed by atoms with van der Waals surface area (Å²) in [6.45, 7) is 2.58. The Labute approximate surface area is 98.2 Å². The number of hydrogen-bond acceptors (Lipinski definition) is 3. The lowest BCUT2D eigenvalue weighted by Crippen LogP contribution is -2.40. The van der Waals surface area contributed by atoms with Crippen LogP contribution in [-0.4, -0.2) is 35.8 Å². The Hall–Kier alpha value is 0.270. The molecule has 90 valence electrons. The van der Waals surface area contributed by atoms with Crippen LogP contribution >= 0.6 is 11.8 Å². The van der Waals surface area contributed by atoms with Gasteiger partial charge in [-0.1, -0.05) is 19.3 Å². The maximum absolute atomic E-state index is 8.97. The first-order valence-electron chi connectivity index (χ1n) is 6.12. The molecular formula is C12H25NOS. The van der Waals surface area contributed by atoms with Crippen LogP contribution in [0.15, 0.2) is 0 Å². The SMILES string of the molecule is CSCC(CCO)NC(C)CC1CCC1. The first-order chi connectivity index (χ1) is 7.26. The Bertz CT molecular complexity index is 156. The lowest BCUT2D eigenvalue weighted by molar-refractivity contribution is 0.239. The van der Waals surface area contributed by atoms with Crippen molar-refractivity contribution >= 4 is 11.8 Å². The monoisotopic (exact) mass is 231 g/mol. The summed E-state index contributed by atoms with van der Waals surface area (Å²) in [6.07, 6.45) is 8.62. The zero-order valence-electron chi connectivity index (χ0n) is 10.0. The number of nitrogens with one attached hydrogen (secondary N) is 1. The molecule has 2 N–H and O–H groups in total. The number of aliphatic hydroxyl groups is 1. The molecule has 2 unspecified atom stereocenters. The summed E-state index contributed by atoms with van der Waals surface area (Å²) in [5.41, 5.74) is 0. The maximum Gasteiger partial charge on any atom is 0.0446 e. The van der Waals surface area contributed by atoms with Crippen LogP contribution in [0.5, 0.6) is 0 Å². The number of thioether (sulfide) groups is 1. The summed E-state index contributed by atoms with van der Waals surface area (Å²) < 4.78 is 0. The fourth-order valence-corrected chi connectivity index (χ4v) is 2.94. The van der Waals surface area contributed by atoms with E-state index in [0.717, 1.165) is 18.1 Å². The van der Waals surface area contributed by atoms with Gasteiger partial charge in [-0.3, -0.25) is 0 Å². The van der Waals surface area contributed by atoms with Gasteiger partial charge in [0.25, 0.3) is 0 Å². The summed E-state index contributed by atoms with van der Waals surface area (Å²) in [5, 5.41) is 12.6. The summed E-state index contributed by atoms with van der Waals surface area (Å²) in [7, 11) is 0. The van der Waals surface area contributed by atoms with E-state index in [-0.39, 0.29) is 0 Å². The van der Waals surface area contributed by atoms with E-state index in [9.17, 15) is 0 Å². The molecule has 2 atom stereocenters. The van der Waals surface area contributed by atoms with E-state index in [4.69, 9.17) is 5.11 Å². The molecule has 0 bridgehead atoms. The Morgan fingerprint density at radius 2 is 2.20 bits per heavy atom. The van der Waals surface area contributed by atoms with Crippen LogP contribution in [0.3, 0.4) is 0 Å². The number of aliphatic hydroxyl groups excluding tert-OH is 1. The van der Waals surface area contributed by atoms with Crippen LogP contribution in [0.2, 0.25) is 0 Å². The van der Waals surface area contributed by atoms with Crippen molar-refractivity contribution in [3.8, 4) is 0 Å². The van der Waals surface area contributed by atoms with Crippen molar-refractivity contribution in [2.24, 2.45) is 5.92 Å². The highest BCUT2D eigenvalue weighted by molar-refractivity contribution is 7.98. The third kappa shape index (κ3) is 5.23. The summed E-state index contributed by atoms with van der Waals surface area (Å²) in [6, 6.07) is 1.10. The van der Waals surface area contributed by atoms with Crippen molar-refractivity contribution in [1.29, 1.82) is 0 Å². The van der Waals surface area contributed by atoms with Crippen LogP contribution in [0.25, 0.3) is 0 Å². The van der Waals surface area contributed by atoms with Gasteiger partial charge in [-0.05, 0) is 31.9 Å². The van der Waals surface area contributed by atoms with Gasteiger partial charge in [0.05, 0.1) is 0 Å². The van der Waals surface area contributed by atoms with Gasteiger partial charge in [-0.15, -0.1) is 0 Å². The number of hydrogen-bond donors (Lipinski definition) is 2. The van der Waals surface area contributed by atoms with Crippen molar-refractivity contribution in [3.05, 3.63) is 0 Å². The first-order valence-corrected chi connectivity index (χ1v) is 7.51. The third-order valence-electron chi connectivity index (χ3n) is 3.28. The van der Waals surface area contributed by atoms with E-state index in [1.54, 1.807) is 0 Å². The first kappa shape index (κ1) is 13.3. The molecule has 3 heteroatoms. The van der Waals surface area contributed by atoms with Crippen LogP contribution in [0, 0.1) is 5.92 Å². The Balaban J connectivity index is 2.15. The molecule has 15 heavy (non-hydrogen) atoms. The van der Waals surface area contributed by atoms with Crippen molar-refractivity contribution in [2.45, 2.75) is 51.1 Å². The molecule has 0 aromatic heterocycles. The van der Waals surface area contributed by atoms with Crippen LogP contribution in [0.1, 0.15) is 39.0 Å². The second kappa shape index (κ2) is 7.53. The van der Waals surface area contributed by atoms with Crippen LogP contribution in [-0.2, 0) is 0 Å². The van der Waals surface area contributed by atoms with E-state index >= 15 is 0 Å². The minimum atomic E-state index is 0.300. The van der Waals surface area contributed by atoms with E-state index in [2.05, 4.69) is 18.5 Å². The Morgan fingerprint density at radius 3 is 2.67 bits per heavy atom. The highest BCUT2D eigenvalue weighted by Crippen LogP contribution is 2.30. The molecule has 0 saturated heterocycles. The third-order valence-corrected chi connectivity index (χ3v) is 4.01. The van der Waals surface area contributed by atoms with E-state index in [0.29, 0.717) is 18.7 Å². The van der Waals surface area contributed by atoms with E-state index in [1.807, 2.05) is 11.8 Å². The fraction of sp³-hybridized carbons (Fsp3) is 1.00. The second-order valence-corrected chi connectivity index (χ2v) is 5.68. The van der Waals surface area contributed by atoms with Gasteiger partial charge in [0.15, 0.2) is 0 Å². The average Bonchev–Trinajstić information content (AvgIpc) is 2.12. The fourth-order valence-electron chi connectivity index (χ4n) is 2.27. The van der Waals surface area contributed by atoms with Crippen LogP contribution < -0.4 is 5.32 Å². The average molecular weight is 231 g/mol. The lowest BCUT2D eigenvalue weighted by atomic mass is 9.81. The molecule has 1 aliphatic carbocycles. The topological polar surface area (TPSA) is 32.3 Å². The maximum atomic E-state index is 8.97. The molecule has 2 nitrogen and oxygen atoms in total. The zero-order chi connectivity index (χ0) is 11.1. The van der Waals surface area contributed by atoms with Gasteiger partial charge < -0.3 is 10.4 Å². The Kier molecular flexibility index (Phi) is 6.69. The van der Waals surface area contributed by atoms with Gasteiger partial charge >= 0.3 is 0 Å². The van der Waals surface area contributed by atoms with Crippen molar-refractivity contribution in [3.63, 3.8) is 0 Å². The van der Waals surface area contributed by atoms with Crippen molar-refractivity contribution in [2.75, 3.05) is 18.6 Å². The van der Waals surface area contributed by atoms with Gasteiger partial charge in [-0.25, -0.2) is 0 Å². The molecule has 0 amide bonds. The van der Waals surface area contributed by atoms with Gasteiger partial charge in [-0.2, -0.15) is 11.8 Å². The van der Waals surface area contributed by atoms with E-state index < -0.39 is 0 Å². The predicted molar refractivity (Wildman–Crippen MR) is 68.4 cm³/mol. The molecule has 0 heterocycles. The van der Waals surface area contributed by atoms with Gasteiger partial charge in [0, 0.05) is 24.4 Å². The number of rotatable bonds is 8.